The molecule has 0 N–H and O–H groups in total. The number of rotatable bonds is 7. The van der Waals surface area contributed by atoms with Gasteiger partial charge in [0, 0.05) is 12.6 Å². The van der Waals surface area contributed by atoms with E-state index < -0.39 is 4.92 Å². The normalized spacial score (nSPS) is 15.0. The predicted molar refractivity (Wildman–Crippen MR) is 126 cm³/mol. The van der Waals surface area contributed by atoms with Crippen LogP contribution in [0.5, 0.6) is 11.5 Å². The lowest BCUT2D eigenvalue weighted by Gasteiger charge is -2.13. The van der Waals surface area contributed by atoms with Crippen LogP contribution in [0.4, 0.5) is 5.69 Å². The van der Waals surface area contributed by atoms with Crippen molar-refractivity contribution in [2.75, 3.05) is 13.7 Å². The summed E-state index contributed by atoms with van der Waals surface area (Å²) < 4.78 is 11.5. The van der Waals surface area contributed by atoms with Crippen molar-refractivity contribution in [3.63, 3.8) is 0 Å². The quantitative estimate of drug-likeness (QED) is 0.209. The highest BCUT2D eigenvalue weighted by molar-refractivity contribution is 8.26. The maximum Gasteiger partial charge on any atom is 0.315 e. The number of likely N-dealkylation sites (N-methyl/N-ethyl adjacent to an activating group) is 1. The average molecular weight is 499 g/mol. The van der Waals surface area contributed by atoms with Gasteiger partial charge in [0.15, 0.2) is 5.75 Å². The summed E-state index contributed by atoms with van der Waals surface area (Å²) in [6.07, 6.45) is 1.55. The van der Waals surface area contributed by atoms with Crippen LogP contribution < -0.4 is 9.47 Å². The molecule has 11 heteroatoms. The number of nitro groups is 1. The summed E-state index contributed by atoms with van der Waals surface area (Å²) in [6, 6.07) is 7.83. The Morgan fingerprint density at radius 1 is 1.26 bits per heavy atom. The molecule has 0 spiro atoms. The molecule has 0 aliphatic carbocycles. The number of ether oxygens (including phenoxy) is 2. The minimum absolute atomic E-state index is 0.0165. The van der Waals surface area contributed by atoms with Gasteiger partial charge in [0.1, 0.15) is 10.9 Å². The van der Waals surface area contributed by atoms with Crippen LogP contribution in [0.3, 0.4) is 0 Å². The molecule has 2 aromatic rings. The maximum absolute atomic E-state index is 12.4. The van der Waals surface area contributed by atoms with Gasteiger partial charge in [-0.2, -0.15) is 0 Å². The van der Waals surface area contributed by atoms with Crippen LogP contribution in [0.1, 0.15) is 18.1 Å². The zero-order valence-corrected chi connectivity index (χ0v) is 19.5. The summed E-state index contributed by atoms with van der Waals surface area (Å²) in [7, 11) is 1.38. The number of amides is 1. The summed E-state index contributed by atoms with van der Waals surface area (Å²) in [5.41, 5.74) is 0.803. The highest BCUT2D eigenvalue weighted by atomic mass is 35.5. The number of thiocarbonyl (C=S) groups is 1. The van der Waals surface area contributed by atoms with Gasteiger partial charge in [0.25, 0.3) is 5.91 Å². The Bertz CT molecular complexity index is 1110. The molecule has 0 unspecified atom stereocenters. The van der Waals surface area contributed by atoms with Gasteiger partial charge in [-0.05, 0) is 42.3 Å². The molecule has 1 aliphatic rings. The first-order valence-electron chi connectivity index (χ1n) is 8.93. The molecule has 1 saturated heterocycles. The Kier molecular flexibility index (Phi) is 7.42. The van der Waals surface area contributed by atoms with Gasteiger partial charge >= 0.3 is 5.69 Å². The molecule has 1 fully saturated rings. The first-order valence-corrected chi connectivity index (χ1v) is 10.9. The highest BCUT2D eigenvalue weighted by Crippen LogP contribution is 2.41. The lowest BCUT2D eigenvalue weighted by atomic mass is 10.1. The Balaban J connectivity index is 1.95. The fourth-order valence-electron chi connectivity index (χ4n) is 2.83. The maximum atomic E-state index is 12.4. The highest BCUT2D eigenvalue weighted by Gasteiger charge is 2.31. The van der Waals surface area contributed by atoms with Crippen molar-refractivity contribution in [2.45, 2.75) is 13.5 Å². The van der Waals surface area contributed by atoms with E-state index >= 15 is 0 Å². The molecule has 31 heavy (non-hydrogen) atoms. The minimum Gasteiger partial charge on any atom is -0.493 e. The summed E-state index contributed by atoms with van der Waals surface area (Å²) >= 11 is 18.3. The molecule has 1 aliphatic heterocycles. The Hall–Kier alpha value is -2.33. The van der Waals surface area contributed by atoms with Crippen LogP contribution in [0, 0.1) is 10.1 Å². The molecule has 7 nitrogen and oxygen atoms in total. The number of thioether (sulfide) groups is 1. The van der Waals surface area contributed by atoms with E-state index in [2.05, 4.69) is 0 Å². The molecule has 1 amide bonds. The number of carbonyl (C=O) groups is 1. The predicted octanol–water partition coefficient (Wildman–Crippen LogP) is 5.71. The SMILES string of the molecule is CCN1C(=O)C(=Cc2cc(OC)c(OCc3ccc(Cl)c(Cl)c3)c([N+](=O)[O-])c2)SC1=S. The van der Waals surface area contributed by atoms with E-state index in [4.69, 9.17) is 44.9 Å². The topological polar surface area (TPSA) is 81.9 Å². The van der Waals surface area contributed by atoms with Crippen LogP contribution in [0.25, 0.3) is 6.08 Å². The lowest BCUT2D eigenvalue weighted by Crippen LogP contribution is -2.27. The summed E-state index contributed by atoms with van der Waals surface area (Å²) in [4.78, 5) is 25.4. The second-order valence-electron chi connectivity index (χ2n) is 6.29. The molecule has 2 aromatic carbocycles. The lowest BCUT2D eigenvalue weighted by molar-refractivity contribution is -0.386. The van der Waals surface area contributed by atoms with Crippen LogP contribution in [-0.2, 0) is 11.4 Å². The second kappa shape index (κ2) is 9.86. The monoisotopic (exact) mass is 498 g/mol. The third-order valence-electron chi connectivity index (χ3n) is 4.33. The first kappa shape index (κ1) is 23.3. The van der Waals surface area contributed by atoms with Gasteiger partial charge in [-0.1, -0.05) is 53.2 Å². The first-order chi connectivity index (χ1) is 14.7. The molecule has 162 valence electrons. The number of methoxy groups -OCH3 is 1. The van der Waals surface area contributed by atoms with Gasteiger partial charge in [-0.3, -0.25) is 19.8 Å². The fraction of sp³-hybridized carbons (Fsp3) is 0.200. The zero-order chi connectivity index (χ0) is 22.7. The van der Waals surface area contributed by atoms with E-state index in [0.29, 0.717) is 36.9 Å². The average Bonchev–Trinajstić information content (AvgIpc) is 3.00. The molecule has 0 aromatic heterocycles. The minimum atomic E-state index is -0.568. The number of halogens is 2. The summed E-state index contributed by atoms with van der Waals surface area (Å²) in [6.45, 7) is 2.29. The molecule has 3 rings (SSSR count). The van der Waals surface area contributed by atoms with Crippen LogP contribution in [-0.4, -0.2) is 33.7 Å². The summed E-state index contributed by atoms with van der Waals surface area (Å²) in [5.74, 6) is -0.109. The molecule has 1 heterocycles. The van der Waals surface area contributed by atoms with Crippen molar-refractivity contribution >= 4 is 69.2 Å². The fourth-order valence-corrected chi connectivity index (χ4v) is 4.54. The van der Waals surface area contributed by atoms with E-state index in [1.165, 1.54) is 18.1 Å². The van der Waals surface area contributed by atoms with Crippen LogP contribution in [0.2, 0.25) is 10.0 Å². The van der Waals surface area contributed by atoms with Crippen molar-refractivity contribution in [2.24, 2.45) is 0 Å². The smallest absolute Gasteiger partial charge is 0.315 e. The van der Waals surface area contributed by atoms with E-state index in [1.807, 2.05) is 6.92 Å². The molecular weight excluding hydrogens is 483 g/mol. The largest absolute Gasteiger partial charge is 0.493 e. The molecule has 0 bridgehead atoms. The Morgan fingerprint density at radius 2 is 2.00 bits per heavy atom. The molecule has 0 radical (unpaired) electrons. The standard InChI is InChI=1S/C20H16Cl2N2O5S2/c1-3-23-19(25)17(31-20(23)30)9-12-7-15(24(26)27)18(16(8-12)28-2)29-10-11-4-5-13(21)14(22)6-11/h4-9H,3,10H2,1-2H3. The zero-order valence-electron chi connectivity index (χ0n) is 16.4. The molecule has 0 saturated carbocycles. The second-order valence-corrected chi connectivity index (χ2v) is 8.78. The van der Waals surface area contributed by atoms with E-state index in [1.54, 1.807) is 30.3 Å². The van der Waals surface area contributed by atoms with Crippen molar-refractivity contribution in [1.82, 2.24) is 4.90 Å². The van der Waals surface area contributed by atoms with E-state index in [9.17, 15) is 14.9 Å². The Morgan fingerprint density at radius 3 is 2.58 bits per heavy atom. The molecule has 0 atom stereocenters. The van der Waals surface area contributed by atoms with Gasteiger partial charge in [0.2, 0.25) is 5.75 Å². The van der Waals surface area contributed by atoms with E-state index in [-0.39, 0.29) is 29.7 Å². The number of hydrogen-bond acceptors (Lipinski definition) is 7. The van der Waals surface area contributed by atoms with Gasteiger partial charge in [0.05, 0.1) is 27.0 Å². The van der Waals surface area contributed by atoms with Crippen molar-refractivity contribution in [3.05, 3.63) is 66.5 Å². The number of benzene rings is 2. The van der Waals surface area contributed by atoms with Gasteiger partial charge in [-0.25, -0.2) is 0 Å². The number of carbonyl (C=O) groups excluding carboxylic acids is 1. The van der Waals surface area contributed by atoms with E-state index in [0.717, 1.165) is 11.8 Å². The third-order valence-corrected chi connectivity index (χ3v) is 6.45. The van der Waals surface area contributed by atoms with Crippen molar-refractivity contribution < 1.29 is 19.2 Å². The van der Waals surface area contributed by atoms with Gasteiger partial charge in [-0.15, -0.1) is 0 Å². The van der Waals surface area contributed by atoms with Crippen molar-refractivity contribution in [3.8, 4) is 11.5 Å². The van der Waals surface area contributed by atoms with Gasteiger partial charge < -0.3 is 9.47 Å². The summed E-state index contributed by atoms with van der Waals surface area (Å²) in [5, 5.41) is 12.5. The van der Waals surface area contributed by atoms with Crippen molar-refractivity contribution in [1.29, 1.82) is 0 Å². The number of nitro benzene ring substituents is 1. The Labute approximate surface area is 198 Å². The number of nitrogens with zero attached hydrogens (tertiary/aromatic N) is 2. The number of hydrogen-bond donors (Lipinski definition) is 0. The van der Waals surface area contributed by atoms with Crippen LogP contribution in [0.15, 0.2) is 35.2 Å². The third kappa shape index (κ3) is 5.12. The van der Waals surface area contributed by atoms with Crippen LogP contribution >= 0.6 is 47.2 Å². The molecular formula is C20H16Cl2N2O5S2.